The number of carbonyl (C=O) groups is 2. The Labute approximate surface area is 69.7 Å². The van der Waals surface area contributed by atoms with Crippen LogP contribution in [-0.2, 0) is 14.3 Å². The van der Waals surface area contributed by atoms with Gasteiger partial charge in [-0.15, -0.1) is 0 Å². The highest BCUT2D eigenvalue weighted by atomic mass is 16.6. The summed E-state index contributed by atoms with van der Waals surface area (Å²) in [4.78, 5) is 20.6. The largest absolute Gasteiger partial charge is 0.479 e. The van der Waals surface area contributed by atoms with Crippen LogP contribution in [0, 0.1) is 0 Å². The number of hydrogen-bond donors (Lipinski definition) is 3. The fourth-order valence-electron chi connectivity index (χ4n) is 0.323. The third kappa shape index (κ3) is 4.64. The van der Waals surface area contributed by atoms with Crippen molar-refractivity contribution in [3.63, 3.8) is 0 Å². The second-order valence-corrected chi connectivity index (χ2v) is 2.09. The van der Waals surface area contributed by atoms with Crippen LogP contribution >= 0.6 is 0 Å². The third-order valence-corrected chi connectivity index (χ3v) is 0.982. The average Bonchev–Trinajstić information content (AvgIpc) is 1.87. The van der Waals surface area contributed by atoms with E-state index in [1.165, 1.54) is 13.8 Å². The van der Waals surface area contributed by atoms with Crippen molar-refractivity contribution in [2.75, 3.05) is 0 Å². The van der Waals surface area contributed by atoms with Crippen LogP contribution in [-0.4, -0.2) is 34.4 Å². The minimum atomic E-state index is -1.28. The van der Waals surface area contributed by atoms with Gasteiger partial charge in [0, 0.05) is 0 Å². The SMILES string of the molecule is CC(O)C(=O)OC(C)C(=O)O.N. The minimum absolute atomic E-state index is 0. The fourth-order valence-corrected chi connectivity index (χ4v) is 0.323. The molecule has 0 amide bonds. The van der Waals surface area contributed by atoms with E-state index in [0.717, 1.165) is 0 Å². The zero-order valence-corrected chi connectivity index (χ0v) is 6.98. The molecule has 0 rings (SSSR count). The van der Waals surface area contributed by atoms with Crippen molar-refractivity contribution in [3.05, 3.63) is 0 Å². The van der Waals surface area contributed by atoms with Gasteiger partial charge in [-0.3, -0.25) is 0 Å². The summed E-state index contributed by atoms with van der Waals surface area (Å²) in [7, 11) is 0. The smallest absolute Gasteiger partial charge is 0.344 e. The Hall–Kier alpha value is -1.14. The van der Waals surface area contributed by atoms with Crippen LogP contribution < -0.4 is 6.15 Å². The lowest BCUT2D eigenvalue weighted by Crippen LogP contribution is -2.29. The average molecular weight is 179 g/mol. The summed E-state index contributed by atoms with van der Waals surface area (Å²) >= 11 is 0. The van der Waals surface area contributed by atoms with E-state index in [1.807, 2.05) is 0 Å². The molecule has 5 N–H and O–H groups in total. The van der Waals surface area contributed by atoms with Crippen molar-refractivity contribution in [2.45, 2.75) is 26.1 Å². The molecule has 0 saturated carbocycles. The van der Waals surface area contributed by atoms with Gasteiger partial charge in [0.05, 0.1) is 0 Å². The summed E-state index contributed by atoms with van der Waals surface area (Å²) in [6.07, 6.45) is -2.49. The Morgan fingerprint density at radius 3 is 2.00 bits per heavy atom. The van der Waals surface area contributed by atoms with Crippen LogP contribution in [0.15, 0.2) is 0 Å². The van der Waals surface area contributed by atoms with Crippen LogP contribution in [0.2, 0.25) is 0 Å². The number of aliphatic hydroxyl groups excluding tert-OH is 1. The first-order valence-corrected chi connectivity index (χ1v) is 3.06. The number of carboxylic acids is 1. The molecule has 2 atom stereocenters. The molecule has 0 aliphatic carbocycles. The maximum absolute atomic E-state index is 10.5. The van der Waals surface area contributed by atoms with Gasteiger partial charge >= 0.3 is 11.9 Å². The van der Waals surface area contributed by atoms with Gasteiger partial charge in [0.25, 0.3) is 0 Å². The molecular weight excluding hydrogens is 166 g/mol. The van der Waals surface area contributed by atoms with Crippen molar-refractivity contribution < 1.29 is 24.5 Å². The van der Waals surface area contributed by atoms with E-state index in [2.05, 4.69) is 4.74 Å². The number of hydrogen-bond acceptors (Lipinski definition) is 5. The molecule has 0 bridgehead atoms. The highest BCUT2D eigenvalue weighted by Gasteiger charge is 2.18. The molecule has 6 heteroatoms. The van der Waals surface area contributed by atoms with Gasteiger partial charge in [0.15, 0.2) is 6.10 Å². The monoisotopic (exact) mass is 179 g/mol. The van der Waals surface area contributed by atoms with E-state index in [1.54, 1.807) is 0 Å². The first-order chi connectivity index (χ1) is 4.95. The lowest BCUT2D eigenvalue weighted by Gasteiger charge is -2.09. The number of ether oxygens (including phenoxy) is 1. The van der Waals surface area contributed by atoms with Crippen LogP contribution in [0.3, 0.4) is 0 Å². The molecule has 0 aliphatic heterocycles. The second-order valence-electron chi connectivity index (χ2n) is 2.09. The number of rotatable bonds is 3. The first-order valence-electron chi connectivity index (χ1n) is 3.06. The van der Waals surface area contributed by atoms with Crippen molar-refractivity contribution >= 4 is 11.9 Å². The molecule has 0 saturated heterocycles. The number of carbonyl (C=O) groups excluding carboxylic acids is 1. The Morgan fingerprint density at radius 2 is 1.75 bits per heavy atom. The minimum Gasteiger partial charge on any atom is -0.479 e. The Morgan fingerprint density at radius 1 is 1.33 bits per heavy atom. The number of carboxylic acid groups (broad SMARTS) is 1. The highest BCUT2D eigenvalue weighted by molar-refractivity contribution is 5.79. The lowest BCUT2D eigenvalue weighted by atomic mass is 10.4. The van der Waals surface area contributed by atoms with Gasteiger partial charge < -0.3 is 21.1 Å². The topological polar surface area (TPSA) is 119 Å². The van der Waals surface area contributed by atoms with Gasteiger partial charge in [0.1, 0.15) is 6.10 Å². The van der Waals surface area contributed by atoms with Crippen molar-refractivity contribution in [3.8, 4) is 0 Å². The van der Waals surface area contributed by atoms with Crippen LogP contribution in [0.5, 0.6) is 0 Å². The molecule has 12 heavy (non-hydrogen) atoms. The molecule has 0 fully saturated rings. The van der Waals surface area contributed by atoms with Crippen LogP contribution in [0.4, 0.5) is 0 Å². The van der Waals surface area contributed by atoms with Crippen LogP contribution in [0.1, 0.15) is 13.8 Å². The van der Waals surface area contributed by atoms with E-state index in [4.69, 9.17) is 10.2 Å². The molecule has 0 aromatic rings. The maximum Gasteiger partial charge on any atom is 0.344 e. The highest BCUT2D eigenvalue weighted by Crippen LogP contribution is 1.94. The van der Waals surface area contributed by atoms with Gasteiger partial charge in [-0.1, -0.05) is 0 Å². The molecular formula is C6H13NO5. The zero-order chi connectivity index (χ0) is 9.02. The van der Waals surface area contributed by atoms with Crippen molar-refractivity contribution in [1.82, 2.24) is 6.15 Å². The van der Waals surface area contributed by atoms with E-state index < -0.39 is 24.1 Å². The van der Waals surface area contributed by atoms with Gasteiger partial charge in [-0.05, 0) is 13.8 Å². The summed E-state index contributed by atoms with van der Waals surface area (Å²) < 4.78 is 4.28. The maximum atomic E-state index is 10.5. The normalized spacial score (nSPS) is 13.9. The van der Waals surface area contributed by atoms with E-state index in [0.29, 0.717) is 0 Å². The molecule has 72 valence electrons. The third-order valence-electron chi connectivity index (χ3n) is 0.982. The fraction of sp³-hybridized carbons (Fsp3) is 0.667. The number of aliphatic hydroxyl groups is 1. The predicted molar refractivity (Wildman–Crippen MR) is 39.9 cm³/mol. The summed E-state index contributed by atoms with van der Waals surface area (Å²) in [5, 5.41) is 16.8. The summed E-state index contributed by atoms with van der Waals surface area (Å²) in [6, 6.07) is 0. The number of aliphatic carboxylic acids is 1. The standard InChI is InChI=1S/C6H10O5.H3N/c1-3(7)6(10)11-4(2)5(8)9;/h3-4,7H,1-2H3,(H,8,9);1H3. The molecule has 6 nitrogen and oxygen atoms in total. The van der Waals surface area contributed by atoms with Gasteiger partial charge in [-0.25, -0.2) is 9.59 Å². The molecule has 2 unspecified atom stereocenters. The Kier molecular flexibility index (Phi) is 6.17. The van der Waals surface area contributed by atoms with E-state index >= 15 is 0 Å². The summed E-state index contributed by atoms with van der Waals surface area (Å²) in [6.45, 7) is 2.42. The predicted octanol–water partition coefficient (Wildman–Crippen LogP) is -0.455. The van der Waals surface area contributed by atoms with Crippen LogP contribution in [0.25, 0.3) is 0 Å². The molecule has 0 aliphatic rings. The molecule has 0 heterocycles. The Bertz CT molecular complexity index is 167. The van der Waals surface area contributed by atoms with Crippen molar-refractivity contribution in [2.24, 2.45) is 0 Å². The first kappa shape index (κ1) is 13.4. The lowest BCUT2D eigenvalue weighted by molar-refractivity contribution is -0.168. The molecule has 0 spiro atoms. The molecule has 0 aromatic carbocycles. The molecule has 0 aromatic heterocycles. The quantitative estimate of drug-likeness (QED) is 0.504. The summed E-state index contributed by atoms with van der Waals surface area (Å²) in [5.74, 6) is -2.17. The van der Waals surface area contributed by atoms with Gasteiger partial charge in [0.2, 0.25) is 0 Å². The molecule has 0 radical (unpaired) electrons. The number of esters is 1. The zero-order valence-electron chi connectivity index (χ0n) is 6.98. The van der Waals surface area contributed by atoms with Gasteiger partial charge in [-0.2, -0.15) is 0 Å². The second kappa shape index (κ2) is 5.50. The van der Waals surface area contributed by atoms with Crippen molar-refractivity contribution in [1.29, 1.82) is 0 Å². The summed E-state index contributed by atoms with van der Waals surface area (Å²) in [5.41, 5.74) is 0. The van der Waals surface area contributed by atoms with E-state index in [-0.39, 0.29) is 6.15 Å². The Balaban J connectivity index is 0. The van der Waals surface area contributed by atoms with E-state index in [9.17, 15) is 9.59 Å².